The van der Waals surface area contributed by atoms with E-state index in [1.54, 1.807) is 36.2 Å². The van der Waals surface area contributed by atoms with Crippen LogP contribution in [0.1, 0.15) is 33.7 Å². The summed E-state index contributed by atoms with van der Waals surface area (Å²) in [5, 5.41) is 15.0. The summed E-state index contributed by atoms with van der Waals surface area (Å²) in [6, 6.07) is 6.56. The molecule has 1 aliphatic heterocycles. The zero-order valence-electron chi connectivity index (χ0n) is 13.0. The van der Waals surface area contributed by atoms with Gasteiger partial charge in [-0.3, -0.25) is 4.79 Å². The van der Waals surface area contributed by atoms with Gasteiger partial charge >= 0.3 is 6.03 Å². The molecular weight excluding hydrogens is 350 g/mol. The molecule has 2 aromatic rings. The van der Waals surface area contributed by atoms with Crippen molar-refractivity contribution in [2.75, 3.05) is 18.9 Å². The molecule has 0 aliphatic carbocycles. The Hall–Kier alpha value is -2.19. The highest BCUT2D eigenvalue weighted by molar-refractivity contribution is 7.13. The molecule has 0 bridgehead atoms. The molecule has 126 valence electrons. The van der Waals surface area contributed by atoms with Gasteiger partial charge in [0.05, 0.1) is 6.04 Å². The molecule has 1 aromatic carbocycles. The van der Waals surface area contributed by atoms with Crippen molar-refractivity contribution in [2.24, 2.45) is 0 Å². The van der Waals surface area contributed by atoms with Crippen LogP contribution in [0.3, 0.4) is 0 Å². The van der Waals surface area contributed by atoms with Gasteiger partial charge in [-0.1, -0.05) is 22.9 Å². The average molecular weight is 366 g/mol. The van der Waals surface area contributed by atoms with Gasteiger partial charge < -0.3 is 15.5 Å². The number of hydrogen-bond donors (Lipinski definition) is 2. The van der Waals surface area contributed by atoms with E-state index in [0.717, 1.165) is 12.8 Å². The summed E-state index contributed by atoms with van der Waals surface area (Å²) in [5.74, 6) is -0.328. The van der Waals surface area contributed by atoms with Gasteiger partial charge in [-0.15, -0.1) is 10.2 Å². The van der Waals surface area contributed by atoms with Crippen LogP contribution in [0.4, 0.5) is 10.5 Å². The highest BCUT2D eigenvalue weighted by Gasteiger charge is 2.32. The van der Waals surface area contributed by atoms with Gasteiger partial charge in [0, 0.05) is 24.3 Å². The number of likely N-dealkylation sites (tertiary alicyclic amines) is 1. The number of benzene rings is 1. The summed E-state index contributed by atoms with van der Waals surface area (Å²) in [4.78, 5) is 25.9. The van der Waals surface area contributed by atoms with Crippen LogP contribution in [0.2, 0.25) is 5.02 Å². The number of nitrogens with one attached hydrogen (secondary N) is 2. The van der Waals surface area contributed by atoms with E-state index in [2.05, 4.69) is 20.8 Å². The summed E-state index contributed by atoms with van der Waals surface area (Å²) in [6.45, 7) is 0.677. The molecule has 3 rings (SSSR count). The number of carbonyl (C=O) groups excluding carboxylic acids is 2. The molecular formula is C15H16ClN5O2S. The molecule has 9 heteroatoms. The minimum Gasteiger partial charge on any atom is -0.341 e. The number of carbonyl (C=O) groups is 2. The highest BCUT2D eigenvalue weighted by atomic mass is 35.5. The number of hydrogen-bond acceptors (Lipinski definition) is 5. The second-order valence-electron chi connectivity index (χ2n) is 5.31. The lowest BCUT2D eigenvalue weighted by Gasteiger charge is -2.21. The van der Waals surface area contributed by atoms with E-state index >= 15 is 0 Å². The molecule has 0 spiro atoms. The molecule has 0 radical (unpaired) electrons. The molecule has 3 amide bonds. The largest absolute Gasteiger partial charge is 0.341 e. The van der Waals surface area contributed by atoms with Crippen LogP contribution in [0.5, 0.6) is 0 Å². The first-order valence-electron chi connectivity index (χ1n) is 7.47. The first-order valence-corrected chi connectivity index (χ1v) is 8.66. The second kappa shape index (κ2) is 7.14. The van der Waals surface area contributed by atoms with Crippen LogP contribution in [-0.4, -0.2) is 40.6 Å². The van der Waals surface area contributed by atoms with Gasteiger partial charge in [0.2, 0.25) is 5.01 Å². The second-order valence-corrected chi connectivity index (χ2v) is 6.76. The maximum absolute atomic E-state index is 12.3. The quantitative estimate of drug-likeness (QED) is 0.875. The van der Waals surface area contributed by atoms with E-state index in [4.69, 9.17) is 11.6 Å². The Labute approximate surface area is 148 Å². The van der Waals surface area contributed by atoms with Crippen LogP contribution in [-0.2, 0) is 0 Å². The Morgan fingerprint density at radius 1 is 1.29 bits per heavy atom. The predicted molar refractivity (Wildman–Crippen MR) is 92.5 cm³/mol. The summed E-state index contributed by atoms with van der Waals surface area (Å²) in [5.41, 5.74) is 0.633. The Bertz CT molecular complexity index is 749. The summed E-state index contributed by atoms with van der Waals surface area (Å²) in [6.07, 6.45) is 1.73. The molecule has 7 nitrogen and oxygen atoms in total. The van der Waals surface area contributed by atoms with Gasteiger partial charge in [-0.2, -0.15) is 0 Å². The monoisotopic (exact) mass is 365 g/mol. The van der Waals surface area contributed by atoms with Crippen LogP contribution in [0.25, 0.3) is 0 Å². The zero-order chi connectivity index (χ0) is 17.1. The van der Waals surface area contributed by atoms with Crippen molar-refractivity contribution < 1.29 is 9.59 Å². The Balaban J connectivity index is 1.71. The SMILES string of the molecule is CNC(=O)N1CCCC1c1nnc(C(=O)Nc2ccc(Cl)cc2)s1. The Kier molecular flexibility index (Phi) is 4.96. The third kappa shape index (κ3) is 3.49. The molecule has 24 heavy (non-hydrogen) atoms. The van der Waals surface area contributed by atoms with Crippen LogP contribution >= 0.6 is 22.9 Å². The first-order chi connectivity index (χ1) is 11.6. The van der Waals surface area contributed by atoms with Gasteiger partial charge in [0.1, 0.15) is 5.01 Å². The average Bonchev–Trinajstić information content (AvgIpc) is 3.24. The van der Waals surface area contributed by atoms with Crippen molar-refractivity contribution in [3.8, 4) is 0 Å². The predicted octanol–water partition coefficient (Wildman–Crippen LogP) is 2.92. The maximum Gasteiger partial charge on any atom is 0.317 e. The molecule has 1 unspecified atom stereocenters. The molecule has 1 aromatic heterocycles. The van der Waals surface area contributed by atoms with Crippen molar-refractivity contribution in [2.45, 2.75) is 18.9 Å². The summed E-state index contributed by atoms with van der Waals surface area (Å²) >= 11 is 7.03. The molecule has 2 heterocycles. The number of halogens is 1. The van der Waals surface area contributed by atoms with Crippen LogP contribution < -0.4 is 10.6 Å². The van der Waals surface area contributed by atoms with Crippen molar-refractivity contribution in [3.63, 3.8) is 0 Å². The standard InChI is InChI=1S/C15H16ClN5O2S/c1-17-15(23)21-8-2-3-11(21)13-19-20-14(24-13)12(22)18-10-6-4-9(16)5-7-10/h4-7,11H,2-3,8H2,1H3,(H,17,23)(H,18,22). The van der Waals surface area contributed by atoms with Gasteiger partial charge in [0.15, 0.2) is 0 Å². The lowest BCUT2D eigenvalue weighted by Crippen LogP contribution is -2.37. The van der Waals surface area contributed by atoms with E-state index in [1.165, 1.54) is 11.3 Å². The Morgan fingerprint density at radius 2 is 2.04 bits per heavy atom. The third-order valence-corrected chi connectivity index (χ3v) is 5.02. The zero-order valence-corrected chi connectivity index (χ0v) is 14.5. The third-order valence-electron chi connectivity index (χ3n) is 3.75. The van der Waals surface area contributed by atoms with E-state index in [9.17, 15) is 9.59 Å². The van der Waals surface area contributed by atoms with Crippen molar-refractivity contribution >= 4 is 40.6 Å². The smallest absolute Gasteiger partial charge is 0.317 e. The molecule has 1 aliphatic rings. The molecule has 1 atom stereocenters. The number of urea groups is 1. The number of rotatable bonds is 3. The molecule has 2 N–H and O–H groups in total. The lowest BCUT2D eigenvalue weighted by atomic mass is 10.2. The van der Waals surface area contributed by atoms with Gasteiger partial charge in [-0.25, -0.2) is 4.79 Å². The molecule has 1 fully saturated rings. The number of nitrogens with zero attached hydrogens (tertiary/aromatic N) is 3. The Morgan fingerprint density at radius 3 is 2.75 bits per heavy atom. The fourth-order valence-electron chi connectivity index (χ4n) is 2.59. The lowest BCUT2D eigenvalue weighted by molar-refractivity contribution is 0.102. The maximum atomic E-state index is 12.3. The highest BCUT2D eigenvalue weighted by Crippen LogP contribution is 2.33. The van der Waals surface area contributed by atoms with Gasteiger partial charge in [-0.05, 0) is 37.1 Å². The molecule has 1 saturated heterocycles. The van der Waals surface area contributed by atoms with Crippen LogP contribution in [0, 0.1) is 0 Å². The van der Waals surface area contributed by atoms with E-state index < -0.39 is 0 Å². The fraction of sp³-hybridized carbons (Fsp3) is 0.333. The first kappa shape index (κ1) is 16.7. The van der Waals surface area contributed by atoms with E-state index in [0.29, 0.717) is 22.3 Å². The van der Waals surface area contributed by atoms with Crippen molar-refractivity contribution in [1.29, 1.82) is 0 Å². The van der Waals surface area contributed by atoms with Crippen molar-refractivity contribution in [3.05, 3.63) is 39.3 Å². The number of amides is 3. The van der Waals surface area contributed by atoms with Crippen molar-refractivity contribution in [1.82, 2.24) is 20.4 Å². The van der Waals surface area contributed by atoms with Crippen LogP contribution in [0.15, 0.2) is 24.3 Å². The molecule has 0 saturated carbocycles. The topological polar surface area (TPSA) is 87.2 Å². The summed E-state index contributed by atoms with van der Waals surface area (Å²) < 4.78 is 0. The number of aromatic nitrogens is 2. The fourth-order valence-corrected chi connectivity index (χ4v) is 3.60. The minimum atomic E-state index is -0.328. The van der Waals surface area contributed by atoms with E-state index in [1.807, 2.05) is 0 Å². The number of anilines is 1. The summed E-state index contributed by atoms with van der Waals surface area (Å²) in [7, 11) is 1.60. The van der Waals surface area contributed by atoms with E-state index in [-0.39, 0.29) is 23.0 Å². The van der Waals surface area contributed by atoms with Gasteiger partial charge in [0.25, 0.3) is 5.91 Å². The minimum absolute atomic E-state index is 0.125. The normalized spacial score (nSPS) is 16.9.